The lowest BCUT2D eigenvalue weighted by Gasteiger charge is -2.47. The van der Waals surface area contributed by atoms with Gasteiger partial charge < -0.3 is 5.73 Å². The second kappa shape index (κ2) is 4.70. The van der Waals surface area contributed by atoms with Crippen LogP contribution in [0.25, 0.3) is 0 Å². The van der Waals surface area contributed by atoms with E-state index in [-0.39, 0.29) is 23.2 Å². The Hall–Kier alpha value is -1.15. The molecule has 0 spiro atoms. The summed E-state index contributed by atoms with van der Waals surface area (Å²) >= 11 is 0. The first kappa shape index (κ1) is 15.2. The largest absolute Gasteiger partial charge is 0.324 e. The molecule has 1 unspecified atom stereocenters. The summed E-state index contributed by atoms with van der Waals surface area (Å²) in [5, 5.41) is 0. The highest BCUT2D eigenvalue weighted by Crippen LogP contribution is 2.49. The average molecular weight is 273 g/mol. The first-order valence-electron chi connectivity index (χ1n) is 7.50. The summed E-state index contributed by atoms with van der Waals surface area (Å²) in [5.74, 6) is 0.665. The Labute approximate surface area is 122 Å². The van der Waals surface area contributed by atoms with Crippen LogP contribution in [0, 0.1) is 12.8 Å². The van der Waals surface area contributed by atoms with E-state index < -0.39 is 0 Å². The molecule has 1 aromatic carbocycles. The van der Waals surface area contributed by atoms with E-state index in [0.29, 0.717) is 5.92 Å². The fourth-order valence-corrected chi connectivity index (χ4v) is 3.61. The SMILES string of the molecule is Cc1cc2c(cc1C(=O)CN)C(C)(C)CC(C)C2(C)C. The molecular formula is C18H27NO. The van der Waals surface area contributed by atoms with Crippen LogP contribution in [0.4, 0.5) is 0 Å². The van der Waals surface area contributed by atoms with E-state index in [2.05, 4.69) is 46.8 Å². The number of benzene rings is 1. The first-order valence-corrected chi connectivity index (χ1v) is 7.50. The van der Waals surface area contributed by atoms with Crippen molar-refractivity contribution in [1.29, 1.82) is 0 Å². The van der Waals surface area contributed by atoms with Gasteiger partial charge in [-0.2, -0.15) is 0 Å². The van der Waals surface area contributed by atoms with Gasteiger partial charge in [0.1, 0.15) is 0 Å². The molecule has 2 nitrogen and oxygen atoms in total. The topological polar surface area (TPSA) is 43.1 Å². The summed E-state index contributed by atoms with van der Waals surface area (Å²) in [4.78, 5) is 12.0. The lowest BCUT2D eigenvalue weighted by Crippen LogP contribution is -2.40. The molecular weight excluding hydrogens is 246 g/mol. The molecule has 0 amide bonds. The lowest BCUT2D eigenvalue weighted by atomic mass is 9.58. The number of aryl methyl sites for hydroxylation is 1. The second-order valence-electron chi connectivity index (χ2n) is 7.55. The van der Waals surface area contributed by atoms with E-state index in [1.165, 1.54) is 11.1 Å². The van der Waals surface area contributed by atoms with Gasteiger partial charge in [0.2, 0.25) is 0 Å². The minimum atomic E-state index is 0.0394. The standard InChI is InChI=1S/C18H27NO/c1-11-7-15-14(8-13(11)16(20)10-19)17(3,4)9-12(2)18(15,5)6/h7-8,12H,9-10,19H2,1-6H3. The van der Waals surface area contributed by atoms with Gasteiger partial charge in [0, 0.05) is 5.56 Å². The molecule has 0 aromatic heterocycles. The Balaban J connectivity index is 2.71. The Morgan fingerprint density at radius 1 is 1.25 bits per heavy atom. The van der Waals surface area contributed by atoms with E-state index in [4.69, 9.17) is 5.73 Å². The Morgan fingerprint density at radius 3 is 2.40 bits per heavy atom. The molecule has 0 fully saturated rings. The summed E-state index contributed by atoms with van der Waals surface area (Å²) in [6.07, 6.45) is 1.15. The minimum absolute atomic E-state index is 0.0394. The van der Waals surface area contributed by atoms with Gasteiger partial charge in [-0.05, 0) is 52.8 Å². The van der Waals surface area contributed by atoms with Crippen molar-refractivity contribution in [3.05, 3.63) is 34.4 Å². The summed E-state index contributed by atoms with van der Waals surface area (Å²) < 4.78 is 0. The average Bonchev–Trinajstić information content (AvgIpc) is 2.35. The number of carbonyl (C=O) groups excluding carboxylic acids is 1. The molecule has 2 rings (SSSR count). The molecule has 0 saturated heterocycles. The maximum Gasteiger partial charge on any atom is 0.176 e. The fraction of sp³-hybridized carbons (Fsp3) is 0.611. The van der Waals surface area contributed by atoms with Gasteiger partial charge in [0.15, 0.2) is 5.78 Å². The molecule has 0 saturated carbocycles. The van der Waals surface area contributed by atoms with Crippen molar-refractivity contribution in [3.8, 4) is 0 Å². The van der Waals surface area contributed by atoms with Crippen LogP contribution in [0.2, 0.25) is 0 Å². The van der Waals surface area contributed by atoms with E-state index in [1.54, 1.807) is 0 Å². The zero-order chi connectivity index (χ0) is 15.3. The van der Waals surface area contributed by atoms with E-state index in [1.807, 2.05) is 6.92 Å². The number of fused-ring (bicyclic) bond motifs is 1. The van der Waals surface area contributed by atoms with Crippen LogP contribution in [-0.4, -0.2) is 12.3 Å². The van der Waals surface area contributed by atoms with Gasteiger partial charge in [-0.1, -0.05) is 40.7 Å². The molecule has 2 heteroatoms. The molecule has 1 aliphatic rings. The highest BCUT2D eigenvalue weighted by Gasteiger charge is 2.42. The molecule has 0 bridgehead atoms. The van der Waals surface area contributed by atoms with E-state index in [9.17, 15) is 4.79 Å². The smallest absolute Gasteiger partial charge is 0.176 e. The van der Waals surface area contributed by atoms with Crippen LogP contribution in [0.5, 0.6) is 0 Å². The van der Waals surface area contributed by atoms with Crippen molar-refractivity contribution >= 4 is 5.78 Å². The van der Waals surface area contributed by atoms with Crippen molar-refractivity contribution in [2.24, 2.45) is 11.7 Å². The number of carbonyl (C=O) groups is 1. The minimum Gasteiger partial charge on any atom is -0.324 e. The molecule has 2 N–H and O–H groups in total. The third-order valence-electron chi connectivity index (χ3n) is 5.32. The number of hydrogen-bond donors (Lipinski definition) is 1. The van der Waals surface area contributed by atoms with Crippen LogP contribution in [0.3, 0.4) is 0 Å². The Morgan fingerprint density at radius 2 is 1.85 bits per heavy atom. The van der Waals surface area contributed by atoms with Gasteiger partial charge in [-0.15, -0.1) is 0 Å². The third-order valence-corrected chi connectivity index (χ3v) is 5.32. The zero-order valence-electron chi connectivity index (χ0n) is 13.6. The second-order valence-corrected chi connectivity index (χ2v) is 7.55. The van der Waals surface area contributed by atoms with Crippen molar-refractivity contribution in [1.82, 2.24) is 0 Å². The lowest BCUT2D eigenvalue weighted by molar-refractivity contribution is 0.100. The van der Waals surface area contributed by atoms with Crippen LogP contribution in [0.15, 0.2) is 12.1 Å². The monoisotopic (exact) mass is 273 g/mol. The predicted molar refractivity (Wildman–Crippen MR) is 84.4 cm³/mol. The number of rotatable bonds is 2. The van der Waals surface area contributed by atoms with Gasteiger partial charge in [0.05, 0.1) is 6.54 Å². The van der Waals surface area contributed by atoms with Gasteiger partial charge in [0.25, 0.3) is 0 Å². The van der Waals surface area contributed by atoms with E-state index >= 15 is 0 Å². The molecule has 110 valence electrons. The van der Waals surface area contributed by atoms with Crippen LogP contribution < -0.4 is 5.73 Å². The van der Waals surface area contributed by atoms with Crippen molar-refractivity contribution in [2.75, 3.05) is 6.54 Å². The Kier molecular flexibility index (Phi) is 3.58. The molecule has 1 aliphatic carbocycles. The highest BCUT2D eigenvalue weighted by atomic mass is 16.1. The molecule has 0 heterocycles. The summed E-state index contributed by atoms with van der Waals surface area (Å²) in [6.45, 7) is 13.6. The molecule has 1 aromatic rings. The van der Waals surface area contributed by atoms with E-state index in [0.717, 1.165) is 17.5 Å². The number of ketones is 1. The molecule has 0 radical (unpaired) electrons. The maximum absolute atomic E-state index is 12.0. The van der Waals surface area contributed by atoms with Gasteiger partial charge >= 0.3 is 0 Å². The number of nitrogens with two attached hydrogens (primary N) is 1. The fourth-order valence-electron chi connectivity index (χ4n) is 3.61. The molecule has 1 atom stereocenters. The normalized spacial score (nSPS) is 23.2. The summed E-state index contributed by atoms with van der Waals surface area (Å²) in [7, 11) is 0. The van der Waals surface area contributed by atoms with Crippen molar-refractivity contribution in [2.45, 2.75) is 58.8 Å². The van der Waals surface area contributed by atoms with Crippen LogP contribution in [-0.2, 0) is 10.8 Å². The van der Waals surface area contributed by atoms with Gasteiger partial charge in [-0.3, -0.25) is 4.79 Å². The van der Waals surface area contributed by atoms with Crippen LogP contribution >= 0.6 is 0 Å². The number of hydrogen-bond acceptors (Lipinski definition) is 2. The highest BCUT2D eigenvalue weighted by molar-refractivity contribution is 5.99. The van der Waals surface area contributed by atoms with Crippen molar-refractivity contribution in [3.63, 3.8) is 0 Å². The van der Waals surface area contributed by atoms with Crippen LogP contribution in [0.1, 0.15) is 68.1 Å². The summed E-state index contributed by atoms with van der Waals surface area (Å²) in [6, 6.07) is 4.32. The molecule has 20 heavy (non-hydrogen) atoms. The third kappa shape index (κ3) is 2.20. The van der Waals surface area contributed by atoms with Gasteiger partial charge in [-0.25, -0.2) is 0 Å². The number of Topliss-reactive ketones (excluding diaryl/α,β-unsaturated/α-hetero) is 1. The Bertz CT molecular complexity index is 555. The van der Waals surface area contributed by atoms with Crippen molar-refractivity contribution < 1.29 is 4.79 Å². The quantitative estimate of drug-likeness (QED) is 0.834. The summed E-state index contributed by atoms with van der Waals surface area (Å²) in [5.41, 5.74) is 10.4. The predicted octanol–water partition coefficient (Wildman–Crippen LogP) is 3.73. The first-order chi connectivity index (χ1) is 9.11. The maximum atomic E-state index is 12.0. The molecule has 0 aliphatic heterocycles. The zero-order valence-corrected chi connectivity index (χ0v) is 13.6.